The summed E-state index contributed by atoms with van der Waals surface area (Å²) in [5.41, 5.74) is 1.75. The van der Waals surface area contributed by atoms with E-state index < -0.39 is 12.1 Å². The number of ketones is 1. The molecule has 5 heteroatoms. The van der Waals surface area contributed by atoms with Crippen molar-refractivity contribution in [3.63, 3.8) is 0 Å². The molecule has 5 nitrogen and oxygen atoms in total. The molecule has 0 bridgehead atoms. The summed E-state index contributed by atoms with van der Waals surface area (Å²) in [5.74, 6) is 0.353. The van der Waals surface area contributed by atoms with Crippen LogP contribution in [0.25, 0.3) is 0 Å². The number of methoxy groups -OCH3 is 2. The standard InChI is InChI=1S/C24H22O5/c1-27-20-14-13-19(21(16-20)28-2)15-22(25)29-24(18-11-7-4-8-12-18)23(26)17-9-5-3-6-10-17/h3-14,16,24H,15H2,1-2H3. The molecule has 0 fully saturated rings. The van der Waals surface area contributed by atoms with Crippen molar-refractivity contribution < 1.29 is 23.8 Å². The molecule has 0 heterocycles. The van der Waals surface area contributed by atoms with Gasteiger partial charge in [-0.2, -0.15) is 0 Å². The van der Waals surface area contributed by atoms with Gasteiger partial charge in [-0.15, -0.1) is 0 Å². The molecular formula is C24H22O5. The topological polar surface area (TPSA) is 61.8 Å². The van der Waals surface area contributed by atoms with Crippen LogP contribution in [0.1, 0.15) is 27.6 Å². The summed E-state index contributed by atoms with van der Waals surface area (Å²) in [5, 5.41) is 0. The number of carbonyl (C=O) groups excluding carboxylic acids is 2. The quantitative estimate of drug-likeness (QED) is 0.421. The highest BCUT2D eigenvalue weighted by Crippen LogP contribution is 2.27. The maximum absolute atomic E-state index is 13.0. The fourth-order valence-corrected chi connectivity index (χ4v) is 2.98. The van der Waals surface area contributed by atoms with Crippen LogP contribution < -0.4 is 9.47 Å². The van der Waals surface area contributed by atoms with Gasteiger partial charge in [-0.3, -0.25) is 9.59 Å². The molecule has 0 amide bonds. The van der Waals surface area contributed by atoms with Gasteiger partial charge in [0.25, 0.3) is 0 Å². The lowest BCUT2D eigenvalue weighted by Gasteiger charge is -2.18. The Kier molecular flexibility index (Phi) is 6.63. The van der Waals surface area contributed by atoms with Crippen LogP contribution >= 0.6 is 0 Å². The molecule has 3 aromatic rings. The van der Waals surface area contributed by atoms with E-state index in [0.29, 0.717) is 28.2 Å². The van der Waals surface area contributed by atoms with Gasteiger partial charge in [-0.05, 0) is 6.07 Å². The van der Waals surface area contributed by atoms with Crippen LogP contribution in [0.2, 0.25) is 0 Å². The van der Waals surface area contributed by atoms with Crippen molar-refractivity contribution in [2.45, 2.75) is 12.5 Å². The second-order valence-corrected chi connectivity index (χ2v) is 6.37. The fraction of sp³-hybridized carbons (Fsp3) is 0.167. The van der Waals surface area contributed by atoms with Crippen LogP contribution in [0.4, 0.5) is 0 Å². The molecular weight excluding hydrogens is 368 g/mol. The zero-order valence-electron chi connectivity index (χ0n) is 16.3. The number of esters is 1. The Morgan fingerprint density at radius 1 is 0.828 bits per heavy atom. The Morgan fingerprint density at radius 3 is 2.10 bits per heavy atom. The number of Topliss-reactive ketones (excluding diaryl/α,β-unsaturated/α-hetero) is 1. The van der Waals surface area contributed by atoms with Crippen molar-refractivity contribution in [2.24, 2.45) is 0 Å². The van der Waals surface area contributed by atoms with Gasteiger partial charge in [0.15, 0.2) is 6.10 Å². The number of hydrogen-bond acceptors (Lipinski definition) is 5. The summed E-state index contributed by atoms with van der Waals surface area (Å²) >= 11 is 0. The normalized spacial score (nSPS) is 11.4. The highest BCUT2D eigenvalue weighted by atomic mass is 16.5. The van der Waals surface area contributed by atoms with E-state index in [1.54, 1.807) is 73.8 Å². The second kappa shape index (κ2) is 9.55. The lowest BCUT2D eigenvalue weighted by Crippen LogP contribution is -2.21. The third kappa shape index (κ3) is 5.02. The van der Waals surface area contributed by atoms with E-state index in [9.17, 15) is 9.59 Å². The van der Waals surface area contributed by atoms with Crippen molar-refractivity contribution in [3.05, 3.63) is 95.6 Å². The summed E-state index contributed by atoms with van der Waals surface area (Å²) in [6.07, 6.45) is -1.05. The first-order chi connectivity index (χ1) is 14.1. The van der Waals surface area contributed by atoms with E-state index in [0.717, 1.165) is 0 Å². The van der Waals surface area contributed by atoms with Gasteiger partial charge in [-0.25, -0.2) is 0 Å². The smallest absolute Gasteiger partial charge is 0.311 e. The summed E-state index contributed by atoms with van der Waals surface area (Å²) in [4.78, 5) is 25.7. The molecule has 0 radical (unpaired) electrons. The molecule has 0 spiro atoms. The lowest BCUT2D eigenvalue weighted by molar-refractivity contribution is -0.146. The Hall–Kier alpha value is -3.60. The van der Waals surface area contributed by atoms with Gasteiger partial charge >= 0.3 is 5.97 Å². The van der Waals surface area contributed by atoms with E-state index in [-0.39, 0.29) is 12.2 Å². The molecule has 148 valence electrons. The largest absolute Gasteiger partial charge is 0.497 e. The highest BCUT2D eigenvalue weighted by molar-refractivity contribution is 6.01. The second-order valence-electron chi connectivity index (χ2n) is 6.37. The molecule has 0 saturated heterocycles. The fourth-order valence-electron chi connectivity index (χ4n) is 2.98. The molecule has 3 aromatic carbocycles. The molecule has 0 aromatic heterocycles. The Bertz CT molecular complexity index is 967. The van der Waals surface area contributed by atoms with Gasteiger partial charge in [0.05, 0.1) is 20.6 Å². The SMILES string of the molecule is COc1ccc(CC(=O)OC(C(=O)c2ccccc2)c2ccccc2)c(OC)c1. The third-order valence-corrected chi connectivity index (χ3v) is 4.48. The molecule has 0 N–H and O–H groups in total. The van der Waals surface area contributed by atoms with Crippen LogP contribution in [0.5, 0.6) is 11.5 Å². The van der Waals surface area contributed by atoms with E-state index >= 15 is 0 Å². The molecule has 0 aliphatic carbocycles. The predicted molar refractivity (Wildman–Crippen MR) is 109 cm³/mol. The van der Waals surface area contributed by atoms with Crippen molar-refractivity contribution in [3.8, 4) is 11.5 Å². The van der Waals surface area contributed by atoms with Crippen LogP contribution in [0.3, 0.4) is 0 Å². The summed E-state index contributed by atoms with van der Waals surface area (Å²) < 4.78 is 16.2. The molecule has 0 saturated carbocycles. The number of rotatable bonds is 8. The molecule has 29 heavy (non-hydrogen) atoms. The molecule has 1 atom stereocenters. The number of ether oxygens (including phenoxy) is 3. The Balaban J connectivity index is 1.83. The number of carbonyl (C=O) groups is 2. The minimum atomic E-state index is -1.02. The van der Waals surface area contributed by atoms with Gasteiger partial charge in [-0.1, -0.05) is 66.7 Å². The number of benzene rings is 3. The summed E-state index contributed by atoms with van der Waals surface area (Å²) in [6, 6.07) is 23.0. The van der Waals surface area contributed by atoms with E-state index in [2.05, 4.69) is 0 Å². The van der Waals surface area contributed by atoms with E-state index in [1.165, 1.54) is 7.11 Å². The minimum Gasteiger partial charge on any atom is -0.497 e. The minimum absolute atomic E-state index is 0.0292. The average molecular weight is 390 g/mol. The highest BCUT2D eigenvalue weighted by Gasteiger charge is 2.26. The lowest BCUT2D eigenvalue weighted by atomic mass is 9.99. The van der Waals surface area contributed by atoms with Crippen LogP contribution in [-0.2, 0) is 16.0 Å². The van der Waals surface area contributed by atoms with Gasteiger partial charge in [0.2, 0.25) is 5.78 Å². The third-order valence-electron chi connectivity index (χ3n) is 4.48. The maximum atomic E-state index is 13.0. The van der Waals surface area contributed by atoms with E-state index in [1.807, 2.05) is 12.1 Å². The zero-order chi connectivity index (χ0) is 20.6. The van der Waals surface area contributed by atoms with Crippen molar-refractivity contribution >= 4 is 11.8 Å². The summed E-state index contributed by atoms with van der Waals surface area (Å²) in [6.45, 7) is 0. The monoisotopic (exact) mass is 390 g/mol. The van der Waals surface area contributed by atoms with E-state index in [4.69, 9.17) is 14.2 Å². The van der Waals surface area contributed by atoms with Gasteiger partial charge in [0.1, 0.15) is 11.5 Å². The first-order valence-corrected chi connectivity index (χ1v) is 9.17. The van der Waals surface area contributed by atoms with Crippen LogP contribution in [0.15, 0.2) is 78.9 Å². The van der Waals surface area contributed by atoms with Gasteiger partial charge in [0, 0.05) is 22.8 Å². The zero-order valence-corrected chi connectivity index (χ0v) is 16.3. The predicted octanol–water partition coefficient (Wildman–Crippen LogP) is 4.41. The first kappa shape index (κ1) is 20.1. The Labute approximate surface area is 169 Å². The first-order valence-electron chi connectivity index (χ1n) is 9.17. The average Bonchev–Trinajstić information content (AvgIpc) is 2.78. The van der Waals surface area contributed by atoms with Crippen molar-refractivity contribution in [2.75, 3.05) is 14.2 Å². The Morgan fingerprint density at radius 2 is 1.48 bits per heavy atom. The maximum Gasteiger partial charge on any atom is 0.311 e. The molecule has 0 aliphatic heterocycles. The molecule has 0 aliphatic rings. The number of hydrogen-bond donors (Lipinski definition) is 0. The van der Waals surface area contributed by atoms with Crippen LogP contribution in [0, 0.1) is 0 Å². The summed E-state index contributed by atoms with van der Waals surface area (Å²) in [7, 11) is 3.08. The molecule has 1 unspecified atom stereocenters. The van der Waals surface area contributed by atoms with Crippen molar-refractivity contribution in [1.82, 2.24) is 0 Å². The molecule has 3 rings (SSSR count). The van der Waals surface area contributed by atoms with Crippen LogP contribution in [-0.4, -0.2) is 26.0 Å². The van der Waals surface area contributed by atoms with Crippen molar-refractivity contribution in [1.29, 1.82) is 0 Å². The van der Waals surface area contributed by atoms with Gasteiger partial charge < -0.3 is 14.2 Å².